The van der Waals surface area contributed by atoms with Gasteiger partial charge < -0.3 is 30.1 Å². The molecule has 0 aromatic rings. The topological polar surface area (TPSA) is 108 Å². The number of carbonyl (C=O) groups is 1. The van der Waals surface area contributed by atoms with Crippen LogP contribution in [0.5, 0.6) is 0 Å². The van der Waals surface area contributed by atoms with E-state index in [1.807, 2.05) is 0 Å². The van der Waals surface area contributed by atoms with E-state index in [0.717, 1.165) is 0 Å². The number of hydrogen-bond donors (Lipinski definition) is 4. The van der Waals surface area contributed by atoms with Gasteiger partial charge in [-0.15, -0.1) is 0 Å². The van der Waals surface area contributed by atoms with E-state index in [9.17, 15) is 20.1 Å². The molecule has 5 atom stereocenters. The van der Waals surface area contributed by atoms with Gasteiger partial charge in [0.1, 0.15) is 23.9 Å². The second-order valence-corrected chi connectivity index (χ2v) is 5.30. The van der Waals surface area contributed by atoms with Crippen LogP contribution in [0.25, 0.3) is 0 Å². The molecule has 7 nitrogen and oxygen atoms in total. The van der Waals surface area contributed by atoms with E-state index in [0.29, 0.717) is 0 Å². The van der Waals surface area contributed by atoms with Gasteiger partial charge in [0.15, 0.2) is 0 Å². The molecule has 0 aromatic heterocycles. The van der Waals surface area contributed by atoms with Crippen molar-refractivity contribution in [3.63, 3.8) is 0 Å². The summed E-state index contributed by atoms with van der Waals surface area (Å²) in [4.78, 5) is 11.1. The molecule has 0 aromatic carbocycles. The highest BCUT2D eigenvalue weighted by Gasteiger charge is 2.70. The van der Waals surface area contributed by atoms with Gasteiger partial charge in [0.05, 0.1) is 12.6 Å². The van der Waals surface area contributed by atoms with Gasteiger partial charge in [0, 0.05) is 6.92 Å². The van der Waals surface area contributed by atoms with Crippen LogP contribution in [0.15, 0.2) is 0 Å². The molecule has 2 aliphatic heterocycles. The van der Waals surface area contributed by atoms with E-state index >= 15 is 0 Å². The number of amides is 1. The quantitative estimate of drug-likeness (QED) is 0.463. The highest BCUT2D eigenvalue weighted by atomic mass is 16.7. The van der Waals surface area contributed by atoms with Crippen molar-refractivity contribution in [1.29, 1.82) is 0 Å². The van der Waals surface area contributed by atoms with Crippen molar-refractivity contribution in [1.82, 2.24) is 5.32 Å². The van der Waals surface area contributed by atoms with Crippen molar-refractivity contribution >= 4 is 5.91 Å². The fourth-order valence-electron chi connectivity index (χ4n) is 2.54. The maximum atomic E-state index is 11.1. The van der Waals surface area contributed by atoms with Crippen LogP contribution < -0.4 is 5.32 Å². The largest absolute Gasteiger partial charge is 0.394 e. The fourth-order valence-corrected chi connectivity index (χ4v) is 2.54. The SMILES string of the molecule is CC(=O)N[C@H]1C2OC(C)(C)C2(O)O[C@H](CO)[C@H]1O. The van der Waals surface area contributed by atoms with Crippen molar-refractivity contribution in [3.8, 4) is 0 Å². The maximum absolute atomic E-state index is 11.1. The zero-order valence-corrected chi connectivity index (χ0v) is 10.6. The second kappa shape index (κ2) is 4.14. The Kier molecular flexibility index (Phi) is 3.15. The van der Waals surface area contributed by atoms with Gasteiger partial charge in [-0.1, -0.05) is 0 Å². The molecule has 2 aliphatic rings. The Morgan fingerprint density at radius 2 is 2.00 bits per heavy atom. The lowest BCUT2D eigenvalue weighted by Crippen LogP contribution is -2.84. The van der Waals surface area contributed by atoms with Crippen molar-refractivity contribution in [3.05, 3.63) is 0 Å². The second-order valence-electron chi connectivity index (χ2n) is 5.30. The molecule has 2 unspecified atom stereocenters. The van der Waals surface area contributed by atoms with Gasteiger partial charge in [0.2, 0.25) is 11.7 Å². The molecule has 1 amide bonds. The highest BCUT2D eigenvalue weighted by molar-refractivity contribution is 5.73. The first-order valence-electron chi connectivity index (χ1n) is 5.87. The Hall–Kier alpha value is -0.730. The van der Waals surface area contributed by atoms with Gasteiger partial charge in [-0.3, -0.25) is 4.79 Å². The molecule has 0 aliphatic carbocycles. The van der Waals surface area contributed by atoms with Crippen LogP contribution in [0.4, 0.5) is 0 Å². The molecule has 2 rings (SSSR count). The molecule has 0 spiro atoms. The monoisotopic (exact) mass is 261 g/mol. The maximum Gasteiger partial charge on any atom is 0.224 e. The summed E-state index contributed by atoms with van der Waals surface area (Å²) >= 11 is 0. The molecule has 0 bridgehead atoms. The minimum atomic E-state index is -1.63. The number of aliphatic hydroxyl groups is 3. The third kappa shape index (κ3) is 1.74. The number of fused-ring (bicyclic) bond motifs is 1. The normalized spacial score (nSPS) is 45.9. The molecular formula is C11H19NO6. The molecular weight excluding hydrogens is 242 g/mol. The number of aliphatic hydroxyl groups excluding tert-OH is 2. The van der Waals surface area contributed by atoms with E-state index in [1.165, 1.54) is 6.92 Å². The minimum Gasteiger partial charge on any atom is -0.394 e. The smallest absolute Gasteiger partial charge is 0.224 e. The van der Waals surface area contributed by atoms with Crippen molar-refractivity contribution < 1.29 is 29.6 Å². The number of ether oxygens (including phenoxy) is 2. The molecule has 2 saturated heterocycles. The predicted octanol–water partition coefficient (Wildman–Crippen LogP) is -1.89. The van der Waals surface area contributed by atoms with Crippen LogP contribution in [-0.4, -0.2) is 63.6 Å². The van der Waals surface area contributed by atoms with Crippen LogP contribution in [0.2, 0.25) is 0 Å². The van der Waals surface area contributed by atoms with Crippen LogP contribution in [0.3, 0.4) is 0 Å². The van der Waals surface area contributed by atoms with E-state index < -0.39 is 42.3 Å². The zero-order valence-electron chi connectivity index (χ0n) is 10.6. The third-order valence-corrected chi connectivity index (χ3v) is 3.63. The van der Waals surface area contributed by atoms with E-state index in [-0.39, 0.29) is 5.91 Å². The molecule has 2 heterocycles. The fraction of sp³-hybridized carbons (Fsp3) is 0.909. The first kappa shape index (κ1) is 13.7. The van der Waals surface area contributed by atoms with Gasteiger partial charge in [0.25, 0.3) is 0 Å². The number of hydrogen-bond acceptors (Lipinski definition) is 6. The van der Waals surface area contributed by atoms with Gasteiger partial charge in [-0.25, -0.2) is 0 Å². The van der Waals surface area contributed by atoms with E-state index in [2.05, 4.69) is 5.32 Å². The van der Waals surface area contributed by atoms with Crippen LogP contribution >= 0.6 is 0 Å². The Morgan fingerprint density at radius 1 is 1.39 bits per heavy atom. The van der Waals surface area contributed by atoms with Gasteiger partial charge >= 0.3 is 0 Å². The minimum absolute atomic E-state index is 0.353. The summed E-state index contributed by atoms with van der Waals surface area (Å²) in [5.41, 5.74) is -0.956. The molecule has 4 N–H and O–H groups in total. The van der Waals surface area contributed by atoms with Crippen LogP contribution in [-0.2, 0) is 14.3 Å². The summed E-state index contributed by atoms with van der Waals surface area (Å²) in [6.07, 6.45) is -2.96. The molecule has 18 heavy (non-hydrogen) atoms. The summed E-state index contributed by atoms with van der Waals surface area (Å²) in [6.45, 7) is 4.13. The molecule has 104 valence electrons. The molecule has 0 saturated carbocycles. The summed E-state index contributed by atoms with van der Waals surface area (Å²) in [5, 5.41) is 32.1. The Bertz CT molecular complexity index is 359. The first-order chi connectivity index (χ1) is 8.23. The average Bonchev–Trinajstić information content (AvgIpc) is 2.27. The standard InChI is InChI=1S/C11H19NO6/c1-5(14)12-7-8(15)6(4-13)17-11(16)9(7)18-10(11,2)3/h6-9,13,15-16H,4H2,1-3H3,(H,12,14)/t6-,7-,8-,9?,11?/m1/s1. The lowest BCUT2D eigenvalue weighted by Gasteiger charge is -2.63. The van der Waals surface area contributed by atoms with Gasteiger partial charge in [-0.2, -0.15) is 0 Å². The predicted molar refractivity (Wildman–Crippen MR) is 59.5 cm³/mol. The Labute approximate surface area is 105 Å². The summed E-state index contributed by atoms with van der Waals surface area (Å²) < 4.78 is 10.8. The summed E-state index contributed by atoms with van der Waals surface area (Å²) in [6, 6.07) is -0.813. The van der Waals surface area contributed by atoms with Crippen LogP contribution in [0, 0.1) is 0 Å². The number of nitrogens with one attached hydrogen (secondary N) is 1. The number of rotatable bonds is 2. The van der Waals surface area contributed by atoms with Crippen molar-refractivity contribution in [2.75, 3.05) is 6.61 Å². The lowest BCUT2D eigenvalue weighted by atomic mass is 9.76. The van der Waals surface area contributed by atoms with E-state index in [1.54, 1.807) is 13.8 Å². The lowest BCUT2D eigenvalue weighted by molar-refractivity contribution is -0.476. The summed E-state index contributed by atoms with van der Waals surface area (Å²) in [5.74, 6) is -1.99. The average molecular weight is 261 g/mol. The zero-order chi connectivity index (χ0) is 13.7. The highest BCUT2D eigenvalue weighted by Crippen LogP contribution is 2.49. The Balaban J connectivity index is 2.26. The molecule has 7 heteroatoms. The van der Waals surface area contributed by atoms with E-state index in [4.69, 9.17) is 9.47 Å². The third-order valence-electron chi connectivity index (χ3n) is 3.63. The summed E-state index contributed by atoms with van der Waals surface area (Å²) in [7, 11) is 0. The molecule has 2 fully saturated rings. The van der Waals surface area contributed by atoms with Crippen molar-refractivity contribution in [2.24, 2.45) is 0 Å². The van der Waals surface area contributed by atoms with Crippen LogP contribution in [0.1, 0.15) is 20.8 Å². The first-order valence-corrected chi connectivity index (χ1v) is 5.87. The number of carbonyl (C=O) groups excluding carboxylic acids is 1. The molecule has 0 radical (unpaired) electrons. The van der Waals surface area contributed by atoms with Gasteiger partial charge in [-0.05, 0) is 13.8 Å². The Morgan fingerprint density at radius 3 is 2.44 bits per heavy atom. The van der Waals surface area contributed by atoms with Crippen molar-refractivity contribution in [2.45, 2.75) is 56.5 Å².